The summed E-state index contributed by atoms with van der Waals surface area (Å²) in [4.78, 5) is 4.91. The Morgan fingerprint density at radius 3 is 2.32 bits per heavy atom. The maximum Gasteiger partial charge on any atom is 0.00684 e. The van der Waals surface area contributed by atoms with Crippen molar-refractivity contribution in [2.75, 3.05) is 46.8 Å². The minimum Gasteiger partial charge on any atom is -0.313 e. The highest BCUT2D eigenvalue weighted by Gasteiger charge is 2.28. The number of nitrogens with zero attached hydrogens (tertiary/aromatic N) is 2. The first kappa shape index (κ1) is 16.9. The van der Waals surface area contributed by atoms with Crippen molar-refractivity contribution in [1.82, 2.24) is 15.1 Å². The molecule has 1 atom stereocenters. The van der Waals surface area contributed by atoms with Crippen LogP contribution in [0.25, 0.3) is 0 Å². The van der Waals surface area contributed by atoms with Crippen molar-refractivity contribution in [2.24, 2.45) is 5.41 Å². The lowest BCUT2D eigenvalue weighted by molar-refractivity contribution is 0.155. The molecule has 0 aromatic rings. The van der Waals surface area contributed by atoms with E-state index in [0.717, 1.165) is 6.04 Å². The van der Waals surface area contributed by atoms with E-state index in [9.17, 15) is 0 Å². The van der Waals surface area contributed by atoms with Crippen LogP contribution in [0.3, 0.4) is 0 Å². The first-order chi connectivity index (χ1) is 8.99. The molecular formula is C16H35N3. The highest BCUT2D eigenvalue weighted by atomic mass is 15.1. The standard InChI is InChI=1S/C16H35N3/c1-6-16(3,13-17-15-9-10-15)14-19(7-2)12-8-11-18(4)5/h15,17H,6-14H2,1-5H3. The molecule has 0 bridgehead atoms. The minimum absolute atomic E-state index is 0.427. The van der Waals surface area contributed by atoms with Gasteiger partial charge in [-0.2, -0.15) is 0 Å². The second kappa shape index (κ2) is 8.23. The Morgan fingerprint density at radius 2 is 1.84 bits per heavy atom. The van der Waals surface area contributed by atoms with Crippen LogP contribution in [0, 0.1) is 5.41 Å². The smallest absolute Gasteiger partial charge is 0.00684 e. The third kappa shape index (κ3) is 7.28. The third-order valence-electron chi connectivity index (χ3n) is 4.38. The number of hydrogen-bond acceptors (Lipinski definition) is 3. The Hall–Kier alpha value is -0.120. The second-order valence-corrected chi connectivity index (χ2v) is 6.84. The molecule has 1 fully saturated rings. The zero-order chi connectivity index (χ0) is 14.3. The zero-order valence-electron chi connectivity index (χ0n) is 13.8. The SMILES string of the molecule is CCN(CCCN(C)C)CC(C)(CC)CNC1CC1. The Morgan fingerprint density at radius 1 is 1.16 bits per heavy atom. The first-order valence-electron chi connectivity index (χ1n) is 8.09. The Labute approximate surface area is 120 Å². The normalized spacial score (nSPS) is 19.1. The van der Waals surface area contributed by atoms with Crippen LogP contribution >= 0.6 is 0 Å². The van der Waals surface area contributed by atoms with Gasteiger partial charge in [0.2, 0.25) is 0 Å². The Balaban J connectivity index is 2.31. The molecule has 1 aliphatic rings. The van der Waals surface area contributed by atoms with E-state index in [1.807, 2.05) is 0 Å². The monoisotopic (exact) mass is 269 g/mol. The van der Waals surface area contributed by atoms with Crippen molar-refractivity contribution in [3.8, 4) is 0 Å². The fraction of sp³-hybridized carbons (Fsp3) is 1.00. The van der Waals surface area contributed by atoms with Crippen molar-refractivity contribution in [3.63, 3.8) is 0 Å². The van der Waals surface area contributed by atoms with Crippen LogP contribution < -0.4 is 5.32 Å². The van der Waals surface area contributed by atoms with Gasteiger partial charge in [-0.1, -0.05) is 20.8 Å². The van der Waals surface area contributed by atoms with Crippen LogP contribution in [0.4, 0.5) is 0 Å². The number of nitrogens with one attached hydrogen (secondary N) is 1. The summed E-state index contributed by atoms with van der Waals surface area (Å²) in [5.41, 5.74) is 0.427. The highest BCUT2D eigenvalue weighted by molar-refractivity contribution is 4.86. The molecular weight excluding hydrogens is 234 g/mol. The molecule has 1 saturated carbocycles. The zero-order valence-corrected chi connectivity index (χ0v) is 13.8. The molecule has 0 amide bonds. The Kier molecular flexibility index (Phi) is 7.33. The molecule has 0 spiro atoms. The second-order valence-electron chi connectivity index (χ2n) is 6.84. The van der Waals surface area contributed by atoms with E-state index in [4.69, 9.17) is 0 Å². The van der Waals surface area contributed by atoms with Gasteiger partial charge >= 0.3 is 0 Å². The summed E-state index contributed by atoms with van der Waals surface area (Å²) in [5.74, 6) is 0. The summed E-state index contributed by atoms with van der Waals surface area (Å²) in [6.45, 7) is 13.1. The van der Waals surface area contributed by atoms with E-state index in [1.54, 1.807) is 0 Å². The topological polar surface area (TPSA) is 18.5 Å². The maximum absolute atomic E-state index is 3.72. The van der Waals surface area contributed by atoms with E-state index in [0.29, 0.717) is 5.41 Å². The van der Waals surface area contributed by atoms with E-state index in [2.05, 4.69) is 50.0 Å². The van der Waals surface area contributed by atoms with Crippen molar-refractivity contribution in [1.29, 1.82) is 0 Å². The largest absolute Gasteiger partial charge is 0.313 e. The fourth-order valence-electron chi connectivity index (χ4n) is 2.47. The number of hydrogen-bond donors (Lipinski definition) is 1. The van der Waals surface area contributed by atoms with Crippen LogP contribution in [0.5, 0.6) is 0 Å². The van der Waals surface area contributed by atoms with Gasteiger partial charge in [0.05, 0.1) is 0 Å². The molecule has 0 radical (unpaired) electrons. The molecule has 1 N–H and O–H groups in total. The summed E-state index contributed by atoms with van der Waals surface area (Å²) >= 11 is 0. The fourth-order valence-corrected chi connectivity index (χ4v) is 2.47. The average molecular weight is 269 g/mol. The maximum atomic E-state index is 3.72. The Bertz CT molecular complexity index is 238. The minimum atomic E-state index is 0.427. The van der Waals surface area contributed by atoms with Gasteiger partial charge < -0.3 is 15.1 Å². The van der Waals surface area contributed by atoms with Gasteiger partial charge in [0.25, 0.3) is 0 Å². The lowest BCUT2D eigenvalue weighted by Crippen LogP contribution is -2.43. The van der Waals surface area contributed by atoms with Crippen molar-refractivity contribution in [2.45, 2.75) is 52.5 Å². The average Bonchev–Trinajstić information content (AvgIpc) is 3.19. The molecule has 3 nitrogen and oxygen atoms in total. The van der Waals surface area contributed by atoms with Crippen molar-refractivity contribution >= 4 is 0 Å². The summed E-state index contributed by atoms with van der Waals surface area (Å²) in [6.07, 6.45) is 5.31. The predicted molar refractivity (Wildman–Crippen MR) is 84.7 cm³/mol. The van der Waals surface area contributed by atoms with Gasteiger partial charge in [0.1, 0.15) is 0 Å². The van der Waals surface area contributed by atoms with E-state index >= 15 is 0 Å². The van der Waals surface area contributed by atoms with Crippen LogP contribution in [-0.4, -0.2) is 62.7 Å². The van der Waals surface area contributed by atoms with E-state index < -0.39 is 0 Å². The third-order valence-corrected chi connectivity index (χ3v) is 4.38. The van der Waals surface area contributed by atoms with Crippen LogP contribution in [-0.2, 0) is 0 Å². The molecule has 19 heavy (non-hydrogen) atoms. The molecule has 1 aliphatic carbocycles. The predicted octanol–water partition coefficient (Wildman–Crippen LogP) is 2.43. The van der Waals surface area contributed by atoms with Gasteiger partial charge in [-0.3, -0.25) is 0 Å². The van der Waals surface area contributed by atoms with Crippen LogP contribution in [0.15, 0.2) is 0 Å². The van der Waals surface area contributed by atoms with Crippen molar-refractivity contribution < 1.29 is 0 Å². The molecule has 0 aromatic heterocycles. The molecule has 114 valence electrons. The molecule has 0 aromatic carbocycles. The first-order valence-corrected chi connectivity index (χ1v) is 8.09. The summed E-state index contributed by atoms with van der Waals surface area (Å²) < 4.78 is 0. The molecule has 1 rings (SSSR count). The quantitative estimate of drug-likeness (QED) is 0.621. The van der Waals surface area contributed by atoms with Gasteiger partial charge in [0.15, 0.2) is 0 Å². The van der Waals surface area contributed by atoms with Crippen LogP contribution in [0.1, 0.15) is 46.5 Å². The van der Waals surface area contributed by atoms with E-state index in [1.165, 1.54) is 58.4 Å². The summed E-state index contributed by atoms with van der Waals surface area (Å²) in [5, 5.41) is 3.72. The van der Waals surface area contributed by atoms with Gasteiger partial charge in [-0.15, -0.1) is 0 Å². The van der Waals surface area contributed by atoms with Gasteiger partial charge in [-0.05, 0) is 64.8 Å². The van der Waals surface area contributed by atoms with Crippen LogP contribution in [0.2, 0.25) is 0 Å². The molecule has 0 saturated heterocycles. The molecule has 3 heteroatoms. The van der Waals surface area contributed by atoms with E-state index in [-0.39, 0.29) is 0 Å². The summed E-state index contributed by atoms with van der Waals surface area (Å²) in [7, 11) is 4.32. The molecule has 0 aliphatic heterocycles. The lowest BCUT2D eigenvalue weighted by atomic mass is 9.86. The highest BCUT2D eigenvalue weighted by Crippen LogP contribution is 2.25. The lowest BCUT2D eigenvalue weighted by Gasteiger charge is -2.35. The molecule has 0 heterocycles. The van der Waals surface area contributed by atoms with Gasteiger partial charge in [0, 0.05) is 19.1 Å². The molecule has 1 unspecified atom stereocenters. The summed E-state index contributed by atoms with van der Waals surface area (Å²) in [6, 6.07) is 0.828. The number of rotatable bonds is 11. The van der Waals surface area contributed by atoms with Gasteiger partial charge in [-0.25, -0.2) is 0 Å². The van der Waals surface area contributed by atoms with Crippen molar-refractivity contribution in [3.05, 3.63) is 0 Å².